The summed E-state index contributed by atoms with van der Waals surface area (Å²) < 4.78 is 0. The van der Waals surface area contributed by atoms with Gasteiger partial charge >= 0.3 is 0 Å². The Morgan fingerprint density at radius 3 is 2.44 bits per heavy atom. The van der Waals surface area contributed by atoms with Gasteiger partial charge in [-0.2, -0.15) is 0 Å². The third kappa shape index (κ3) is 2.88. The van der Waals surface area contributed by atoms with E-state index < -0.39 is 0 Å². The Balaban J connectivity index is 2.22. The highest BCUT2D eigenvalue weighted by Crippen LogP contribution is 2.25. The minimum absolute atomic E-state index is 0.0439. The third-order valence-corrected chi connectivity index (χ3v) is 3.62. The molecule has 0 amide bonds. The second-order valence-electron chi connectivity index (χ2n) is 4.55. The Labute approximate surface area is 112 Å². The Morgan fingerprint density at radius 2 is 1.89 bits per heavy atom. The first-order chi connectivity index (χ1) is 8.72. The molecule has 0 saturated carbocycles. The molecule has 1 aromatic rings. The minimum Gasteiger partial charge on any atom is -0.409 e. The summed E-state index contributed by atoms with van der Waals surface area (Å²) >= 11 is 6.16. The van der Waals surface area contributed by atoms with Crippen molar-refractivity contribution in [1.82, 2.24) is 0 Å². The highest BCUT2D eigenvalue weighted by Gasteiger charge is 2.12. The Morgan fingerprint density at radius 1 is 1.22 bits per heavy atom. The van der Waals surface area contributed by atoms with Gasteiger partial charge in [0, 0.05) is 24.3 Å². The molecule has 1 aliphatic heterocycles. The predicted molar refractivity (Wildman–Crippen MR) is 74.6 cm³/mol. The molecule has 0 spiro atoms. The van der Waals surface area contributed by atoms with Gasteiger partial charge in [0.1, 0.15) is 0 Å². The fourth-order valence-electron chi connectivity index (χ4n) is 2.29. The van der Waals surface area contributed by atoms with Crippen LogP contribution in [0.4, 0.5) is 5.69 Å². The molecule has 1 saturated heterocycles. The van der Waals surface area contributed by atoms with Gasteiger partial charge in [-0.3, -0.25) is 0 Å². The van der Waals surface area contributed by atoms with Crippen LogP contribution in [0.5, 0.6) is 0 Å². The number of hydrogen-bond acceptors (Lipinski definition) is 3. The van der Waals surface area contributed by atoms with Crippen molar-refractivity contribution >= 4 is 23.1 Å². The summed E-state index contributed by atoms with van der Waals surface area (Å²) in [6, 6.07) is 5.67. The molecule has 98 valence electrons. The highest BCUT2D eigenvalue weighted by molar-refractivity contribution is 6.34. The standard InChI is InChI=1S/C13H18ClN3O/c14-12-9-10(5-6-11(12)13(15)16-18)17-7-3-1-2-4-8-17/h5-6,9,18H,1-4,7-8H2,(H2,15,16). The van der Waals surface area contributed by atoms with Crippen LogP contribution in [-0.2, 0) is 0 Å². The maximum Gasteiger partial charge on any atom is 0.171 e. The highest BCUT2D eigenvalue weighted by atomic mass is 35.5. The summed E-state index contributed by atoms with van der Waals surface area (Å²) in [5, 5.41) is 12.2. The first-order valence-electron chi connectivity index (χ1n) is 6.25. The molecule has 0 bridgehead atoms. The Kier molecular flexibility index (Phi) is 4.31. The summed E-state index contributed by atoms with van der Waals surface area (Å²) in [6.45, 7) is 2.14. The first kappa shape index (κ1) is 13.0. The number of anilines is 1. The lowest BCUT2D eigenvalue weighted by atomic mass is 10.1. The van der Waals surface area contributed by atoms with E-state index in [4.69, 9.17) is 22.5 Å². The van der Waals surface area contributed by atoms with Gasteiger partial charge in [0.25, 0.3) is 0 Å². The van der Waals surface area contributed by atoms with Crippen LogP contribution < -0.4 is 10.6 Å². The minimum atomic E-state index is 0.0439. The number of rotatable bonds is 2. The van der Waals surface area contributed by atoms with Crippen LogP contribution in [0.15, 0.2) is 23.4 Å². The molecule has 1 heterocycles. The number of hydrogen-bond donors (Lipinski definition) is 2. The van der Waals surface area contributed by atoms with E-state index in [0.29, 0.717) is 10.6 Å². The molecule has 0 atom stereocenters. The molecular weight excluding hydrogens is 250 g/mol. The summed E-state index contributed by atoms with van der Waals surface area (Å²) in [7, 11) is 0. The van der Waals surface area contributed by atoms with Crippen molar-refractivity contribution in [3.05, 3.63) is 28.8 Å². The van der Waals surface area contributed by atoms with Crippen molar-refractivity contribution in [3.8, 4) is 0 Å². The molecule has 0 unspecified atom stereocenters. The van der Waals surface area contributed by atoms with Gasteiger partial charge in [0.2, 0.25) is 0 Å². The molecule has 0 aliphatic carbocycles. The van der Waals surface area contributed by atoms with E-state index in [1.54, 1.807) is 6.07 Å². The smallest absolute Gasteiger partial charge is 0.171 e. The lowest BCUT2D eigenvalue weighted by Gasteiger charge is -2.23. The van der Waals surface area contributed by atoms with E-state index in [1.165, 1.54) is 25.7 Å². The SMILES string of the molecule is NC(=NO)c1ccc(N2CCCCCC2)cc1Cl. The second kappa shape index (κ2) is 5.96. The van der Waals surface area contributed by atoms with Crippen LogP contribution >= 0.6 is 11.6 Å². The molecule has 2 rings (SSSR count). The summed E-state index contributed by atoms with van der Waals surface area (Å²) in [5.74, 6) is 0.0439. The molecule has 1 aliphatic rings. The van der Waals surface area contributed by atoms with Crippen molar-refractivity contribution in [2.24, 2.45) is 10.9 Å². The lowest BCUT2D eigenvalue weighted by Crippen LogP contribution is -2.24. The average molecular weight is 268 g/mol. The number of oxime groups is 1. The first-order valence-corrected chi connectivity index (χ1v) is 6.62. The van der Waals surface area contributed by atoms with Crippen molar-refractivity contribution < 1.29 is 5.21 Å². The van der Waals surface area contributed by atoms with E-state index in [1.807, 2.05) is 12.1 Å². The van der Waals surface area contributed by atoms with Gasteiger partial charge in [-0.15, -0.1) is 0 Å². The molecule has 4 nitrogen and oxygen atoms in total. The number of nitrogens with two attached hydrogens (primary N) is 1. The van der Waals surface area contributed by atoms with Crippen LogP contribution in [0.1, 0.15) is 31.2 Å². The monoisotopic (exact) mass is 267 g/mol. The summed E-state index contributed by atoms with van der Waals surface area (Å²) in [5.41, 5.74) is 7.23. The zero-order valence-electron chi connectivity index (χ0n) is 10.3. The zero-order valence-corrected chi connectivity index (χ0v) is 11.0. The topological polar surface area (TPSA) is 61.9 Å². The van der Waals surface area contributed by atoms with Crippen molar-refractivity contribution in [3.63, 3.8) is 0 Å². The fraction of sp³-hybridized carbons (Fsp3) is 0.462. The number of amidine groups is 1. The maximum absolute atomic E-state index is 8.66. The quantitative estimate of drug-likeness (QED) is 0.375. The van der Waals surface area contributed by atoms with Crippen molar-refractivity contribution in [1.29, 1.82) is 0 Å². The number of halogens is 1. The molecule has 1 fully saturated rings. The Hall–Kier alpha value is -1.42. The molecular formula is C13H18ClN3O. The number of benzene rings is 1. The molecule has 5 heteroatoms. The van der Waals surface area contributed by atoms with Gasteiger partial charge in [-0.25, -0.2) is 0 Å². The normalized spacial score (nSPS) is 17.6. The van der Waals surface area contributed by atoms with Crippen LogP contribution in [0, 0.1) is 0 Å². The van der Waals surface area contributed by atoms with Crippen LogP contribution in [0.2, 0.25) is 5.02 Å². The zero-order chi connectivity index (χ0) is 13.0. The van der Waals surface area contributed by atoms with Gasteiger partial charge in [-0.1, -0.05) is 29.6 Å². The van der Waals surface area contributed by atoms with Crippen molar-refractivity contribution in [2.45, 2.75) is 25.7 Å². The average Bonchev–Trinajstić information content (AvgIpc) is 2.66. The largest absolute Gasteiger partial charge is 0.409 e. The van der Waals surface area contributed by atoms with E-state index in [-0.39, 0.29) is 5.84 Å². The molecule has 0 radical (unpaired) electrons. The van der Waals surface area contributed by atoms with Gasteiger partial charge in [0.05, 0.1) is 5.02 Å². The Bertz CT molecular complexity index is 440. The third-order valence-electron chi connectivity index (χ3n) is 3.31. The molecule has 0 aromatic heterocycles. The molecule has 18 heavy (non-hydrogen) atoms. The maximum atomic E-state index is 8.66. The van der Waals surface area contributed by atoms with Gasteiger partial charge < -0.3 is 15.8 Å². The second-order valence-corrected chi connectivity index (χ2v) is 4.96. The van der Waals surface area contributed by atoms with Crippen LogP contribution in [-0.4, -0.2) is 24.1 Å². The van der Waals surface area contributed by atoms with E-state index >= 15 is 0 Å². The lowest BCUT2D eigenvalue weighted by molar-refractivity contribution is 0.318. The summed E-state index contributed by atoms with van der Waals surface area (Å²) in [6.07, 6.45) is 5.04. The van der Waals surface area contributed by atoms with E-state index in [0.717, 1.165) is 18.8 Å². The summed E-state index contributed by atoms with van der Waals surface area (Å²) in [4.78, 5) is 2.34. The number of nitrogens with zero attached hydrogens (tertiary/aromatic N) is 2. The van der Waals surface area contributed by atoms with E-state index in [2.05, 4.69) is 10.1 Å². The van der Waals surface area contributed by atoms with Gasteiger partial charge in [0.15, 0.2) is 5.84 Å². The van der Waals surface area contributed by atoms with E-state index in [9.17, 15) is 0 Å². The van der Waals surface area contributed by atoms with Crippen molar-refractivity contribution in [2.75, 3.05) is 18.0 Å². The predicted octanol–water partition coefficient (Wildman–Crippen LogP) is 2.81. The van der Waals surface area contributed by atoms with Crippen LogP contribution in [0.3, 0.4) is 0 Å². The fourth-order valence-corrected chi connectivity index (χ4v) is 2.56. The molecule has 1 aromatic carbocycles. The molecule has 3 N–H and O–H groups in total. The van der Waals surface area contributed by atoms with Crippen LogP contribution in [0.25, 0.3) is 0 Å². The van der Waals surface area contributed by atoms with Gasteiger partial charge in [-0.05, 0) is 31.0 Å².